The largest absolute Gasteiger partial charge is 0.481 e. The monoisotopic (exact) mass is 573 g/mol. The van der Waals surface area contributed by atoms with Gasteiger partial charge in [-0.2, -0.15) is 5.10 Å². The minimum Gasteiger partial charge on any atom is -0.481 e. The zero-order valence-electron chi connectivity index (χ0n) is 22.7. The Labute approximate surface area is 241 Å². The summed E-state index contributed by atoms with van der Waals surface area (Å²) in [5, 5.41) is 16.3. The lowest BCUT2D eigenvalue weighted by Gasteiger charge is -2.36. The maximum atomic E-state index is 12.9. The maximum absolute atomic E-state index is 12.9. The second kappa shape index (κ2) is 11.5. The average Bonchev–Trinajstić information content (AvgIpc) is 2.93. The van der Waals surface area contributed by atoms with Gasteiger partial charge in [0.05, 0.1) is 23.7 Å². The summed E-state index contributed by atoms with van der Waals surface area (Å²) < 4.78 is 6.67. The molecule has 0 aliphatic carbocycles. The van der Waals surface area contributed by atoms with Crippen LogP contribution in [0, 0.1) is 12.8 Å². The van der Waals surface area contributed by atoms with Crippen LogP contribution >= 0.6 is 11.6 Å². The molecule has 10 nitrogen and oxygen atoms in total. The van der Waals surface area contributed by atoms with Crippen LogP contribution in [0.1, 0.15) is 21.5 Å². The molecule has 2 aromatic heterocycles. The highest BCUT2D eigenvalue weighted by Crippen LogP contribution is 2.39. The Hall–Kier alpha value is -4.54. The number of carbonyl (C=O) groups excluding carboxylic acids is 1. The molecule has 11 heteroatoms. The third-order valence-electron chi connectivity index (χ3n) is 7.23. The Kier molecular flexibility index (Phi) is 7.87. The van der Waals surface area contributed by atoms with Crippen molar-refractivity contribution in [3.63, 3.8) is 0 Å². The molecular formula is C30H28ClN5O5. The lowest BCUT2D eigenvalue weighted by Crippen LogP contribution is -2.49. The first-order valence-corrected chi connectivity index (χ1v) is 13.3. The molecule has 0 atom stereocenters. The fourth-order valence-electron chi connectivity index (χ4n) is 4.88. The summed E-state index contributed by atoms with van der Waals surface area (Å²) in [7, 11) is 3.04. The van der Waals surface area contributed by atoms with E-state index >= 15 is 0 Å². The quantitative estimate of drug-likeness (QED) is 0.320. The molecule has 41 heavy (non-hydrogen) atoms. The van der Waals surface area contributed by atoms with Gasteiger partial charge < -0.3 is 15.2 Å². The van der Waals surface area contributed by atoms with Crippen molar-refractivity contribution < 1.29 is 19.4 Å². The van der Waals surface area contributed by atoms with Crippen molar-refractivity contribution in [1.82, 2.24) is 19.7 Å². The number of aryl methyl sites for hydroxylation is 1. The zero-order chi connectivity index (χ0) is 29.3. The minimum absolute atomic E-state index is 0.00777. The average molecular weight is 574 g/mol. The summed E-state index contributed by atoms with van der Waals surface area (Å²) in [6.45, 7) is 3.40. The van der Waals surface area contributed by atoms with Crippen LogP contribution < -0.4 is 15.6 Å². The van der Waals surface area contributed by atoms with Gasteiger partial charge in [0.15, 0.2) is 0 Å². The SMILES string of the molecule is COc1nc(-c2cccc(-c3cccc(NC(=O)c4ccnn(C)c4=O)c3C)c2Cl)ccc1CN1CC(C(=O)O)C1. The number of carbonyl (C=O) groups is 2. The molecule has 0 bridgehead atoms. The first-order valence-electron chi connectivity index (χ1n) is 12.9. The number of likely N-dealkylation sites (tertiary alicyclic amines) is 1. The Morgan fingerprint density at radius 1 is 1.07 bits per heavy atom. The van der Waals surface area contributed by atoms with Gasteiger partial charge in [-0.15, -0.1) is 0 Å². The van der Waals surface area contributed by atoms with E-state index in [0.717, 1.165) is 26.9 Å². The molecule has 1 fully saturated rings. The molecule has 0 unspecified atom stereocenters. The van der Waals surface area contributed by atoms with Gasteiger partial charge in [0, 0.05) is 55.3 Å². The molecule has 2 N–H and O–H groups in total. The number of anilines is 1. The van der Waals surface area contributed by atoms with Crippen molar-refractivity contribution in [3.05, 3.63) is 92.9 Å². The number of rotatable bonds is 8. The number of nitrogens with zero attached hydrogens (tertiary/aromatic N) is 4. The number of halogens is 1. The number of hydrogen-bond acceptors (Lipinski definition) is 7. The van der Waals surface area contributed by atoms with Gasteiger partial charge in [0.1, 0.15) is 5.56 Å². The van der Waals surface area contributed by atoms with Crippen LogP contribution in [0.4, 0.5) is 5.69 Å². The third kappa shape index (κ3) is 5.57. The van der Waals surface area contributed by atoms with Crippen molar-refractivity contribution in [2.24, 2.45) is 13.0 Å². The number of ether oxygens (including phenoxy) is 1. The van der Waals surface area contributed by atoms with E-state index in [0.29, 0.717) is 47.5 Å². The van der Waals surface area contributed by atoms with E-state index in [1.165, 1.54) is 19.3 Å². The van der Waals surface area contributed by atoms with Gasteiger partial charge >= 0.3 is 5.97 Å². The smallest absolute Gasteiger partial charge is 0.309 e. The highest BCUT2D eigenvalue weighted by molar-refractivity contribution is 6.36. The summed E-state index contributed by atoms with van der Waals surface area (Å²) in [5.74, 6) is -1.20. The predicted molar refractivity (Wildman–Crippen MR) is 155 cm³/mol. The molecule has 210 valence electrons. The summed E-state index contributed by atoms with van der Waals surface area (Å²) in [5.41, 5.74) is 4.58. The van der Waals surface area contributed by atoms with Gasteiger partial charge in [-0.25, -0.2) is 9.67 Å². The summed E-state index contributed by atoms with van der Waals surface area (Å²) in [4.78, 5) is 43.1. The van der Waals surface area contributed by atoms with Crippen molar-refractivity contribution in [1.29, 1.82) is 0 Å². The van der Waals surface area contributed by atoms with Crippen LogP contribution in [0.5, 0.6) is 5.88 Å². The fraction of sp³-hybridized carbons (Fsp3) is 0.233. The number of methoxy groups -OCH3 is 1. The molecule has 0 saturated carbocycles. The van der Waals surface area contributed by atoms with E-state index in [1.54, 1.807) is 13.2 Å². The molecule has 1 aliphatic heterocycles. The topological polar surface area (TPSA) is 127 Å². The van der Waals surface area contributed by atoms with Crippen LogP contribution in [0.2, 0.25) is 5.02 Å². The van der Waals surface area contributed by atoms with Crippen LogP contribution in [-0.4, -0.2) is 56.8 Å². The second-order valence-electron chi connectivity index (χ2n) is 9.87. The van der Waals surface area contributed by atoms with Gasteiger partial charge in [0.25, 0.3) is 11.5 Å². The highest BCUT2D eigenvalue weighted by Gasteiger charge is 2.32. The van der Waals surface area contributed by atoms with Crippen LogP contribution in [0.25, 0.3) is 22.4 Å². The predicted octanol–water partition coefficient (Wildman–Crippen LogP) is 4.25. The van der Waals surface area contributed by atoms with E-state index in [-0.39, 0.29) is 11.5 Å². The van der Waals surface area contributed by atoms with Gasteiger partial charge in [-0.3, -0.25) is 19.3 Å². The maximum Gasteiger partial charge on any atom is 0.309 e. The van der Waals surface area contributed by atoms with Crippen LogP contribution in [-0.2, 0) is 18.4 Å². The first kappa shape index (κ1) is 28.0. The van der Waals surface area contributed by atoms with Crippen molar-refractivity contribution in [2.75, 3.05) is 25.5 Å². The number of carboxylic acids is 1. The summed E-state index contributed by atoms with van der Waals surface area (Å²) >= 11 is 6.96. The molecule has 0 spiro atoms. The number of hydrogen-bond donors (Lipinski definition) is 2. The zero-order valence-corrected chi connectivity index (χ0v) is 23.5. The number of carboxylic acid groups (broad SMARTS) is 1. The van der Waals surface area contributed by atoms with E-state index in [1.807, 2.05) is 54.3 Å². The van der Waals surface area contributed by atoms with Crippen LogP contribution in [0.3, 0.4) is 0 Å². The number of aliphatic carboxylic acids is 1. The number of aromatic nitrogens is 3. The van der Waals surface area contributed by atoms with E-state index in [2.05, 4.69) is 10.4 Å². The van der Waals surface area contributed by atoms with Crippen molar-refractivity contribution >= 4 is 29.2 Å². The Balaban J connectivity index is 1.42. The van der Waals surface area contributed by atoms with Crippen molar-refractivity contribution in [2.45, 2.75) is 13.5 Å². The van der Waals surface area contributed by atoms with Gasteiger partial charge in [0.2, 0.25) is 5.88 Å². The molecule has 2 aromatic carbocycles. The van der Waals surface area contributed by atoms with Crippen LogP contribution in [0.15, 0.2) is 65.6 Å². The molecule has 1 aliphatic rings. The number of nitrogens with one attached hydrogen (secondary N) is 1. The van der Waals surface area contributed by atoms with Gasteiger partial charge in [-0.05, 0) is 36.2 Å². The van der Waals surface area contributed by atoms with E-state index < -0.39 is 17.4 Å². The lowest BCUT2D eigenvalue weighted by atomic mass is 9.96. The number of pyridine rings is 1. The number of benzene rings is 2. The highest BCUT2D eigenvalue weighted by atomic mass is 35.5. The Morgan fingerprint density at radius 2 is 1.78 bits per heavy atom. The Morgan fingerprint density at radius 3 is 2.51 bits per heavy atom. The molecule has 3 heterocycles. The molecular weight excluding hydrogens is 546 g/mol. The molecule has 5 rings (SSSR count). The Bertz CT molecular complexity index is 1710. The normalized spacial score (nSPS) is 13.5. The van der Waals surface area contributed by atoms with Gasteiger partial charge in [-0.1, -0.05) is 48.0 Å². The molecule has 0 radical (unpaired) electrons. The fourth-order valence-corrected chi connectivity index (χ4v) is 5.21. The lowest BCUT2D eigenvalue weighted by molar-refractivity contribution is -0.147. The minimum atomic E-state index is -0.779. The van der Waals surface area contributed by atoms with Crippen molar-refractivity contribution in [3.8, 4) is 28.3 Å². The van der Waals surface area contributed by atoms with E-state index in [9.17, 15) is 14.4 Å². The summed E-state index contributed by atoms with van der Waals surface area (Å²) in [6, 6.07) is 16.3. The standard InChI is InChI=1S/C30H28ClN5O5/c1-17-20(6-5-9-24(17)33-27(37)23-12-13-32-35(2)29(23)38)21-7-4-8-22(26(21)31)25-11-10-18(28(34-25)41-3)14-36-15-19(16-36)30(39)40/h4-13,19H,14-16H2,1-3H3,(H,33,37)(H,39,40). The third-order valence-corrected chi connectivity index (χ3v) is 7.64. The van der Waals surface area contributed by atoms with E-state index in [4.69, 9.17) is 26.4 Å². The summed E-state index contributed by atoms with van der Waals surface area (Å²) in [6.07, 6.45) is 1.40. The molecule has 1 saturated heterocycles. The molecule has 1 amide bonds. The molecule has 4 aromatic rings. The number of amides is 1. The second-order valence-corrected chi connectivity index (χ2v) is 10.2. The first-order chi connectivity index (χ1) is 19.7.